The molecule has 1 aromatic carbocycles. The maximum absolute atomic E-state index is 12.2. The molecule has 0 aliphatic heterocycles. The van der Waals surface area contributed by atoms with Crippen molar-refractivity contribution in [2.75, 3.05) is 6.54 Å². The van der Waals surface area contributed by atoms with Crippen LogP contribution in [0.5, 0.6) is 0 Å². The molecule has 1 nitrogen and oxygen atoms in total. The molecule has 0 saturated carbocycles. The van der Waals surface area contributed by atoms with Gasteiger partial charge in [-0.2, -0.15) is 0 Å². The third-order valence-corrected chi connectivity index (χ3v) is 1.97. The fourth-order valence-electron chi connectivity index (χ4n) is 1.06. The Hall–Kier alpha value is -0.860. The highest BCUT2D eigenvalue weighted by atomic mass is 35.5. The van der Waals surface area contributed by atoms with Crippen LogP contribution in [0.3, 0.4) is 0 Å². The minimum Gasteiger partial charge on any atom is -0.327 e. The van der Waals surface area contributed by atoms with Gasteiger partial charge in [0.2, 0.25) is 0 Å². The Labute approximate surface area is 82.0 Å². The van der Waals surface area contributed by atoms with Gasteiger partial charge in [-0.25, -0.2) is 4.39 Å². The average Bonchev–Trinajstić information content (AvgIpc) is 2.14. The van der Waals surface area contributed by atoms with Crippen LogP contribution in [-0.4, -0.2) is 6.54 Å². The second-order valence-electron chi connectivity index (χ2n) is 2.78. The lowest BCUT2D eigenvalue weighted by Crippen LogP contribution is -2.05. The molecule has 0 radical (unpaired) electrons. The van der Waals surface area contributed by atoms with Crippen LogP contribution in [0, 0.1) is 0 Å². The van der Waals surface area contributed by atoms with Crippen molar-refractivity contribution in [3.8, 4) is 0 Å². The van der Waals surface area contributed by atoms with Gasteiger partial charge in [0.1, 0.15) is 0 Å². The first-order valence-electron chi connectivity index (χ1n) is 3.99. The summed E-state index contributed by atoms with van der Waals surface area (Å²) >= 11 is 5.77. The van der Waals surface area contributed by atoms with Gasteiger partial charge in [-0.05, 0) is 29.7 Å². The summed E-state index contributed by atoms with van der Waals surface area (Å²) in [5, 5.41) is 0.660. The van der Waals surface area contributed by atoms with Crippen LogP contribution < -0.4 is 5.73 Å². The van der Waals surface area contributed by atoms with E-state index < -0.39 is 0 Å². The Kier molecular flexibility index (Phi) is 3.93. The van der Waals surface area contributed by atoms with Crippen molar-refractivity contribution >= 4 is 11.6 Å². The summed E-state index contributed by atoms with van der Waals surface area (Å²) in [5.74, 6) is 0. The van der Waals surface area contributed by atoms with Crippen LogP contribution >= 0.6 is 11.6 Å². The zero-order valence-electron chi connectivity index (χ0n) is 7.13. The molecule has 1 aromatic rings. The second kappa shape index (κ2) is 5.00. The maximum Gasteiger partial charge on any atom is 0.0875 e. The van der Waals surface area contributed by atoms with Crippen LogP contribution in [0.4, 0.5) is 4.39 Å². The van der Waals surface area contributed by atoms with Crippen molar-refractivity contribution < 1.29 is 4.39 Å². The Morgan fingerprint density at radius 1 is 1.54 bits per heavy atom. The molecule has 70 valence electrons. The van der Waals surface area contributed by atoms with Crippen molar-refractivity contribution in [1.29, 1.82) is 0 Å². The lowest BCUT2D eigenvalue weighted by molar-refractivity contribution is 0.699. The molecule has 1 rings (SSSR count). The molecule has 13 heavy (non-hydrogen) atoms. The summed E-state index contributed by atoms with van der Waals surface area (Å²) < 4.78 is 12.2. The normalized spacial score (nSPS) is 11.8. The summed E-state index contributed by atoms with van der Waals surface area (Å²) in [6.07, 6.45) is 1.08. The van der Waals surface area contributed by atoms with Crippen LogP contribution in [0.1, 0.15) is 5.56 Å². The standard InChI is InChI=1S/C10H11ClFN/c11-10-3-1-2-8(5-10)4-9(6-12)7-13/h1-3,5-6H,4,7,13H2/b9-6+. The van der Waals surface area contributed by atoms with Crippen molar-refractivity contribution in [2.24, 2.45) is 5.73 Å². The molecule has 0 aliphatic rings. The van der Waals surface area contributed by atoms with E-state index in [1.807, 2.05) is 12.1 Å². The van der Waals surface area contributed by atoms with Gasteiger partial charge < -0.3 is 5.73 Å². The van der Waals surface area contributed by atoms with Gasteiger partial charge in [0, 0.05) is 11.6 Å². The van der Waals surface area contributed by atoms with Crippen molar-refractivity contribution in [1.82, 2.24) is 0 Å². The van der Waals surface area contributed by atoms with Gasteiger partial charge in [-0.3, -0.25) is 0 Å². The predicted molar refractivity (Wildman–Crippen MR) is 53.4 cm³/mol. The van der Waals surface area contributed by atoms with Crippen LogP contribution in [0.25, 0.3) is 0 Å². The predicted octanol–water partition coefficient (Wildman–Crippen LogP) is 2.69. The third-order valence-electron chi connectivity index (χ3n) is 1.74. The van der Waals surface area contributed by atoms with Gasteiger partial charge in [0.25, 0.3) is 0 Å². The van der Waals surface area contributed by atoms with Crippen LogP contribution in [0.2, 0.25) is 5.02 Å². The lowest BCUT2D eigenvalue weighted by Gasteiger charge is -2.02. The molecule has 2 N–H and O–H groups in total. The van der Waals surface area contributed by atoms with Crippen molar-refractivity contribution in [2.45, 2.75) is 6.42 Å². The summed E-state index contributed by atoms with van der Waals surface area (Å²) in [6.45, 7) is 0.239. The summed E-state index contributed by atoms with van der Waals surface area (Å²) in [7, 11) is 0. The Morgan fingerprint density at radius 2 is 2.31 bits per heavy atom. The fraction of sp³-hybridized carbons (Fsp3) is 0.200. The monoisotopic (exact) mass is 199 g/mol. The number of hydrogen-bond donors (Lipinski definition) is 1. The molecule has 0 saturated heterocycles. The maximum atomic E-state index is 12.2. The Balaban J connectivity index is 2.74. The van der Waals surface area contributed by atoms with E-state index in [0.29, 0.717) is 23.3 Å². The molecule has 0 aliphatic carbocycles. The number of benzene rings is 1. The SMILES string of the molecule is NC/C(=C/F)Cc1cccc(Cl)c1. The number of nitrogens with two attached hydrogens (primary N) is 1. The number of hydrogen-bond acceptors (Lipinski definition) is 1. The molecular weight excluding hydrogens is 189 g/mol. The highest BCUT2D eigenvalue weighted by molar-refractivity contribution is 6.30. The smallest absolute Gasteiger partial charge is 0.0875 e. The van der Waals surface area contributed by atoms with E-state index in [1.54, 1.807) is 12.1 Å². The quantitative estimate of drug-likeness (QED) is 0.796. The molecule has 0 bridgehead atoms. The summed E-state index contributed by atoms with van der Waals surface area (Å²) in [4.78, 5) is 0. The molecule has 0 spiro atoms. The van der Waals surface area contributed by atoms with Gasteiger partial charge in [-0.1, -0.05) is 23.7 Å². The summed E-state index contributed by atoms with van der Waals surface area (Å²) in [5.41, 5.74) is 6.87. The van der Waals surface area contributed by atoms with Crippen molar-refractivity contribution in [3.05, 3.63) is 46.8 Å². The van der Waals surface area contributed by atoms with E-state index in [4.69, 9.17) is 17.3 Å². The largest absolute Gasteiger partial charge is 0.327 e. The van der Waals surface area contributed by atoms with E-state index in [2.05, 4.69) is 0 Å². The van der Waals surface area contributed by atoms with E-state index >= 15 is 0 Å². The molecule has 0 unspecified atom stereocenters. The first kappa shape index (κ1) is 10.2. The average molecular weight is 200 g/mol. The minimum absolute atomic E-state index is 0.239. The molecule has 0 heterocycles. The van der Waals surface area contributed by atoms with E-state index in [0.717, 1.165) is 5.56 Å². The first-order valence-corrected chi connectivity index (χ1v) is 4.36. The highest BCUT2D eigenvalue weighted by Gasteiger charge is 1.98. The zero-order chi connectivity index (χ0) is 9.68. The number of rotatable bonds is 3. The topological polar surface area (TPSA) is 26.0 Å². The van der Waals surface area contributed by atoms with E-state index in [-0.39, 0.29) is 6.54 Å². The molecule has 0 fully saturated rings. The minimum atomic E-state index is 0.239. The van der Waals surface area contributed by atoms with E-state index in [1.165, 1.54) is 0 Å². The molecule has 0 aromatic heterocycles. The molecule has 3 heteroatoms. The van der Waals surface area contributed by atoms with Crippen LogP contribution in [0.15, 0.2) is 36.2 Å². The second-order valence-corrected chi connectivity index (χ2v) is 3.21. The zero-order valence-corrected chi connectivity index (χ0v) is 7.89. The van der Waals surface area contributed by atoms with Gasteiger partial charge in [0.05, 0.1) is 6.33 Å². The fourth-order valence-corrected chi connectivity index (χ4v) is 1.28. The van der Waals surface area contributed by atoms with E-state index in [9.17, 15) is 4.39 Å². The Bertz CT molecular complexity index is 310. The van der Waals surface area contributed by atoms with Gasteiger partial charge in [-0.15, -0.1) is 0 Å². The summed E-state index contributed by atoms with van der Waals surface area (Å²) in [6, 6.07) is 7.32. The Morgan fingerprint density at radius 3 is 2.85 bits per heavy atom. The number of halogens is 2. The van der Waals surface area contributed by atoms with Crippen LogP contribution in [-0.2, 0) is 6.42 Å². The van der Waals surface area contributed by atoms with Gasteiger partial charge in [0.15, 0.2) is 0 Å². The first-order chi connectivity index (χ1) is 6.26. The molecule has 0 atom stereocenters. The molecule has 0 amide bonds. The van der Waals surface area contributed by atoms with Gasteiger partial charge >= 0.3 is 0 Å². The highest BCUT2D eigenvalue weighted by Crippen LogP contribution is 2.13. The van der Waals surface area contributed by atoms with Crippen molar-refractivity contribution in [3.63, 3.8) is 0 Å². The lowest BCUT2D eigenvalue weighted by atomic mass is 10.1. The third kappa shape index (κ3) is 3.17. The molecular formula is C10H11ClFN.